The summed E-state index contributed by atoms with van der Waals surface area (Å²) in [4.78, 5) is 11.8. The maximum atomic E-state index is 13.7. The first kappa shape index (κ1) is 14.0. The van der Waals surface area contributed by atoms with Gasteiger partial charge in [-0.3, -0.25) is 4.79 Å². The number of rotatable bonds is 4. The van der Waals surface area contributed by atoms with Gasteiger partial charge >= 0.3 is 0 Å². The molecule has 0 unspecified atom stereocenters. The molecule has 0 saturated heterocycles. The van der Waals surface area contributed by atoms with Crippen molar-refractivity contribution >= 4 is 33.3 Å². The second kappa shape index (κ2) is 6.17. The zero-order valence-corrected chi connectivity index (χ0v) is 12.0. The van der Waals surface area contributed by atoms with Gasteiger partial charge in [0, 0.05) is 5.02 Å². The molecule has 0 bridgehead atoms. The molecule has 0 radical (unpaired) electrons. The van der Waals surface area contributed by atoms with E-state index in [9.17, 15) is 9.18 Å². The number of ether oxygens (including phenoxy) is 1. The number of halogens is 3. The van der Waals surface area contributed by atoms with Crippen molar-refractivity contribution in [3.63, 3.8) is 0 Å². The maximum absolute atomic E-state index is 13.7. The van der Waals surface area contributed by atoms with E-state index in [0.717, 1.165) is 0 Å². The summed E-state index contributed by atoms with van der Waals surface area (Å²) in [7, 11) is 0. The van der Waals surface area contributed by atoms with Gasteiger partial charge in [0.25, 0.3) is 0 Å². The first-order valence-corrected chi connectivity index (χ1v) is 6.60. The molecule has 5 heteroatoms. The van der Waals surface area contributed by atoms with Gasteiger partial charge in [-0.15, -0.1) is 0 Å². The fraction of sp³-hybridized carbons (Fsp3) is 0.0714. The maximum Gasteiger partial charge on any atom is 0.203 e. The van der Waals surface area contributed by atoms with Crippen molar-refractivity contribution in [3.05, 3.63) is 63.3 Å². The lowest BCUT2D eigenvalue weighted by atomic mass is 10.1. The van der Waals surface area contributed by atoms with Crippen LogP contribution >= 0.6 is 27.5 Å². The van der Waals surface area contributed by atoms with Crippen molar-refractivity contribution in [2.24, 2.45) is 0 Å². The summed E-state index contributed by atoms with van der Waals surface area (Å²) in [5, 5.41) is 0.580. The van der Waals surface area contributed by atoms with E-state index in [-0.39, 0.29) is 16.6 Å². The van der Waals surface area contributed by atoms with Gasteiger partial charge in [0.1, 0.15) is 11.6 Å². The van der Waals surface area contributed by atoms with Gasteiger partial charge in [-0.1, -0.05) is 17.7 Å². The summed E-state index contributed by atoms with van der Waals surface area (Å²) >= 11 is 8.77. The quantitative estimate of drug-likeness (QED) is 0.764. The first-order chi connectivity index (χ1) is 9.08. The Hall–Kier alpha value is -1.39. The van der Waals surface area contributed by atoms with Crippen LogP contribution in [0.5, 0.6) is 5.75 Å². The van der Waals surface area contributed by atoms with E-state index in [1.54, 1.807) is 30.3 Å². The molecule has 0 fully saturated rings. The smallest absolute Gasteiger partial charge is 0.203 e. The Kier molecular flexibility index (Phi) is 4.56. The standard InChI is InChI=1S/C14H9BrClFO2/c15-12-3-1-2-11(14(12)17)13(18)8-19-10-6-4-9(16)5-7-10/h1-7H,8H2. The largest absolute Gasteiger partial charge is 0.485 e. The average molecular weight is 344 g/mol. The van der Waals surface area contributed by atoms with Crippen molar-refractivity contribution in [1.29, 1.82) is 0 Å². The van der Waals surface area contributed by atoms with E-state index >= 15 is 0 Å². The number of ketones is 1. The molecular weight excluding hydrogens is 335 g/mol. The fourth-order valence-electron chi connectivity index (χ4n) is 1.48. The summed E-state index contributed by atoms with van der Waals surface area (Å²) in [5.41, 5.74) is 0.00309. The van der Waals surface area contributed by atoms with Crippen molar-refractivity contribution in [1.82, 2.24) is 0 Å². The predicted molar refractivity (Wildman–Crippen MR) is 75.4 cm³/mol. The second-order valence-corrected chi connectivity index (χ2v) is 5.06. The Balaban J connectivity index is 2.05. The van der Waals surface area contributed by atoms with Gasteiger partial charge in [0.2, 0.25) is 5.78 Å². The predicted octanol–water partition coefficient (Wildman–Crippen LogP) is 4.50. The van der Waals surface area contributed by atoms with Crippen LogP contribution in [0.1, 0.15) is 10.4 Å². The minimum atomic E-state index is -0.577. The minimum Gasteiger partial charge on any atom is -0.485 e. The van der Waals surface area contributed by atoms with Crippen LogP contribution in [0.25, 0.3) is 0 Å². The normalized spacial score (nSPS) is 10.3. The number of carbonyl (C=O) groups is 1. The summed E-state index contributed by atoms with van der Waals surface area (Å²) < 4.78 is 19.2. The molecule has 0 aliphatic heterocycles. The molecule has 0 aromatic heterocycles. The van der Waals surface area contributed by atoms with Crippen molar-refractivity contribution in [2.45, 2.75) is 0 Å². The average Bonchev–Trinajstić information content (AvgIpc) is 2.41. The first-order valence-electron chi connectivity index (χ1n) is 5.43. The SMILES string of the molecule is O=C(COc1ccc(Cl)cc1)c1cccc(Br)c1F. The lowest BCUT2D eigenvalue weighted by Gasteiger charge is -2.07. The van der Waals surface area contributed by atoms with Gasteiger partial charge in [0.15, 0.2) is 6.61 Å². The van der Waals surface area contributed by atoms with Gasteiger partial charge in [0.05, 0.1) is 10.0 Å². The van der Waals surface area contributed by atoms with Crippen molar-refractivity contribution in [2.75, 3.05) is 6.61 Å². The minimum absolute atomic E-state index is 0.00309. The van der Waals surface area contributed by atoms with Gasteiger partial charge < -0.3 is 4.74 Å². The summed E-state index contributed by atoms with van der Waals surface area (Å²) in [6.07, 6.45) is 0. The molecule has 0 saturated carbocycles. The Bertz CT molecular complexity index is 599. The summed E-state index contributed by atoms with van der Waals surface area (Å²) in [6, 6.07) is 11.2. The lowest BCUT2D eigenvalue weighted by molar-refractivity contribution is 0.0917. The number of hydrogen-bond acceptors (Lipinski definition) is 2. The molecule has 0 atom stereocenters. The molecule has 2 rings (SSSR count). The Labute approximate surface area is 123 Å². The van der Waals surface area contributed by atoms with Gasteiger partial charge in [-0.05, 0) is 52.3 Å². The Morgan fingerprint density at radius 3 is 2.58 bits per heavy atom. The van der Waals surface area contributed by atoms with Crippen LogP contribution in [-0.2, 0) is 0 Å². The lowest BCUT2D eigenvalue weighted by Crippen LogP contribution is -2.13. The van der Waals surface area contributed by atoms with Gasteiger partial charge in [-0.25, -0.2) is 4.39 Å². The molecule has 0 spiro atoms. The van der Waals surface area contributed by atoms with Crippen LogP contribution in [0.2, 0.25) is 5.02 Å². The fourth-order valence-corrected chi connectivity index (χ4v) is 1.97. The van der Waals surface area contributed by atoms with Crippen LogP contribution in [0, 0.1) is 5.82 Å². The van der Waals surface area contributed by atoms with E-state index < -0.39 is 11.6 Å². The number of carbonyl (C=O) groups excluding carboxylic acids is 1. The van der Waals surface area contributed by atoms with Crippen LogP contribution < -0.4 is 4.74 Å². The molecule has 0 aliphatic rings. The zero-order chi connectivity index (χ0) is 13.8. The summed E-state index contributed by atoms with van der Waals surface area (Å²) in [5.74, 6) is -0.492. The molecule has 2 aromatic carbocycles. The number of hydrogen-bond donors (Lipinski definition) is 0. The van der Waals surface area contributed by atoms with E-state index in [0.29, 0.717) is 10.8 Å². The molecule has 2 aromatic rings. The topological polar surface area (TPSA) is 26.3 Å². The molecule has 0 heterocycles. The third kappa shape index (κ3) is 3.55. The van der Waals surface area contributed by atoms with Crippen molar-refractivity contribution in [3.8, 4) is 5.75 Å². The Morgan fingerprint density at radius 2 is 1.89 bits per heavy atom. The highest BCUT2D eigenvalue weighted by Gasteiger charge is 2.14. The van der Waals surface area contributed by atoms with Crippen LogP contribution in [0.3, 0.4) is 0 Å². The molecule has 0 aliphatic carbocycles. The van der Waals surface area contributed by atoms with Crippen LogP contribution in [-0.4, -0.2) is 12.4 Å². The molecular formula is C14H9BrClFO2. The molecule has 2 nitrogen and oxygen atoms in total. The van der Waals surface area contributed by atoms with Gasteiger partial charge in [-0.2, -0.15) is 0 Å². The second-order valence-electron chi connectivity index (χ2n) is 3.77. The monoisotopic (exact) mass is 342 g/mol. The molecule has 0 amide bonds. The number of Topliss-reactive ketones (excluding diaryl/α,β-unsaturated/α-hetero) is 1. The van der Waals surface area contributed by atoms with E-state index in [1.807, 2.05) is 0 Å². The third-order valence-corrected chi connectivity index (χ3v) is 3.30. The zero-order valence-electron chi connectivity index (χ0n) is 9.70. The highest BCUT2D eigenvalue weighted by molar-refractivity contribution is 9.10. The molecule has 19 heavy (non-hydrogen) atoms. The number of benzene rings is 2. The van der Waals surface area contributed by atoms with Crippen LogP contribution in [0.15, 0.2) is 46.9 Å². The summed E-state index contributed by atoms with van der Waals surface area (Å²) in [6.45, 7) is -0.227. The highest BCUT2D eigenvalue weighted by Crippen LogP contribution is 2.20. The van der Waals surface area contributed by atoms with Crippen molar-refractivity contribution < 1.29 is 13.9 Å². The van der Waals surface area contributed by atoms with Crippen LogP contribution in [0.4, 0.5) is 4.39 Å². The molecule has 98 valence electrons. The highest BCUT2D eigenvalue weighted by atomic mass is 79.9. The molecule has 0 N–H and O–H groups in total. The van der Waals surface area contributed by atoms with E-state index in [1.165, 1.54) is 12.1 Å². The van der Waals surface area contributed by atoms with E-state index in [2.05, 4.69) is 15.9 Å². The third-order valence-electron chi connectivity index (χ3n) is 2.44. The van der Waals surface area contributed by atoms with E-state index in [4.69, 9.17) is 16.3 Å². The Morgan fingerprint density at radius 1 is 1.21 bits per heavy atom.